The van der Waals surface area contributed by atoms with Crippen LogP contribution in [0.5, 0.6) is 0 Å². The normalized spacial score (nSPS) is 21.8. The van der Waals surface area contributed by atoms with Crippen LogP contribution in [0, 0.1) is 19.3 Å². The lowest BCUT2D eigenvalue weighted by Crippen LogP contribution is -2.43. The first-order valence-electron chi connectivity index (χ1n) is 11.3. The monoisotopic (exact) mass is 420 g/mol. The van der Waals surface area contributed by atoms with Gasteiger partial charge in [0.1, 0.15) is 17.9 Å². The van der Waals surface area contributed by atoms with Gasteiger partial charge in [0.25, 0.3) is 0 Å². The SMILES string of the molecule is Cc1noc(C)c1CN1CCC2(CC1)CN(Cc1ccccc1)CC2c1nncn1C. The molecular formula is C24H32N6O. The summed E-state index contributed by atoms with van der Waals surface area (Å²) >= 11 is 0. The van der Waals surface area contributed by atoms with Crippen LogP contribution < -0.4 is 0 Å². The zero-order chi connectivity index (χ0) is 21.4. The average Bonchev–Trinajstić information content (AvgIpc) is 3.44. The molecule has 31 heavy (non-hydrogen) atoms. The molecule has 1 aromatic carbocycles. The Bertz CT molecular complexity index is 998. The lowest BCUT2D eigenvalue weighted by molar-refractivity contribution is 0.0885. The van der Waals surface area contributed by atoms with Crippen molar-refractivity contribution in [2.45, 2.75) is 45.7 Å². The molecule has 2 aliphatic heterocycles. The van der Waals surface area contributed by atoms with Gasteiger partial charge in [-0.05, 0) is 50.8 Å². The predicted molar refractivity (Wildman–Crippen MR) is 118 cm³/mol. The third-order valence-corrected chi connectivity index (χ3v) is 7.44. The molecule has 4 heterocycles. The molecule has 1 unspecified atom stereocenters. The van der Waals surface area contributed by atoms with E-state index in [4.69, 9.17) is 4.52 Å². The fraction of sp³-hybridized carbons (Fsp3) is 0.542. The molecule has 2 fully saturated rings. The van der Waals surface area contributed by atoms with Crippen LogP contribution in [0.3, 0.4) is 0 Å². The van der Waals surface area contributed by atoms with Crippen LogP contribution in [0.4, 0.5) is 0 Å². The van der Waals surface area contributed by atoms with Crippen LogP contribution in [-0.2, 0) is 20.1 Å². The summed E-state index contributed by atoms with van der Waals surface area (Å²) in [4.78, 5) is 5.18. The summed E-state index contributed by atoms with van der Waals surface area (Å²) in [7, 11) is 2.08. The largest absolute Gasteiger partial charge is 0.361 e. The average molecular weight is 421 g/mol. The van der Waals surface area contributed by atoms with Crippen molar-refractivity contribution in [3.05, 3.63) is 65.1 Å². The van der Waals surface area contributed by atoms with Crippen LogP contribution in [0.15, 0.2) is 41.2 Å². The maximum absolute atomic E-state index is 5.38. The van der Waals surface area contributed by atoms with E-state index < -0.39 is 0 Å². The van der Waals surface area contributed by atoms with E-state index in [1.165, 1.54) is 24.0 Å². The van der Waals surface area contributed by atoms with Gasteiger partial charge in [0.15, 0.2) is 0 Å². The lowest BCUT2D eigenvalue weighted by atomic mass is 9.70. The number of hydrogen-bond acceptors (Lipinski definition) is 6. The minimum atomic E-state index is 0.255. The minimum absolute atomic E-state index is 0.255. The molecule has 0 aliphatic carbocycles. The molecule has 2 aromatic heterocycles. The molecule has 2 aliphatic rings. The molecule has 3 aromatic rings. The van der Waals surface area contributed by atoms with Crippen LogP contribution in [0.2, 0.25) is 0 Å². The van der Waals surface area contributed by atoms with Crippen LogP contribution >= 0.6 is 0 Å². The van der Waals surface area contributed by atoms with Crippen LogP contribution in [0.25, 0.3) is 0 Å². The van der Waals surface area contributed by atoms with Gasteiger partial charge in [0.2, 0.25) is 0 Å². The summed E-state index contributed by atoms with van der Waals surface area (Å²) in [6.07, 6.45) is 4.20. The quantitative estimate of drug-likeness (QED) is 0.631. The Morgan fingerprint density at radius 3 is 2.48 bits per heavy atom. The number of aromatic nitrogens is 4. The second-order valence-electron chi connectivity index (χ2n) is 9.45. The van der Waals surface area contributed by atoms with E-state index in [-0.39, 0.29) is 5.41 Å². The third-order valence-electron chi connectivity index (χ3n) is 7.44. The van der Waals surface area contributed by atoms with Crippen molar-refractivity contribution < 1.29 is 4.52 Å². The van der Waals surface area contributed by atoms with Crippen LogP contribution in [0.1, 0.15) is 47.2 Å². The van der Waals surface area contributed by atoms with Gasteiger partial charge in [-0.15, -0.1) is 10.2 Å². The number of aryl methyl sites for hydroxylation is 3. The van der Waals surface area contributed by atoms with Gasteiger partial charge < -0.3 is 9.09 Å². The summed E-state index contributed by atoms with van der Waals surface area (Å²) in [6, 6.07) is 10.8. The van der Waals surface area contributed by atoms with Gasteiger partial charge in [-0.25, -0.2) is 0 Å². The second kappa shape index (κ2) is 8.20. The highest BCUT2D eigenvalue weighted by molar-refractivity contribution is 5.21. The van der Waals surface area contributed by atoms with E-state index in [2.05, 4.69) is 67.1 Å². The Morgan fingerprint density at radius 2 is 1.84 bits per heavy atom. The summed E-state index contributed by atoms with van der Waals surface area (Å²) in [5, 5.41) is 12.9. The summed E-state index contributed by atoms with van der Waals surface area (Å²) < 4.78 is 7.50. The molecule has 164 valence electrons. The van der Waals surface area contributed by atoms with Crippen molar-refractivity contribution >= 4 is 0 Å². The van der Waals surface area contributed by atoms with Crippen molar-refractivity contribution in [1.82, 2.24) is 29.7 Å². The fourth-order valence-electron chi connectivity index (χ4n) is 5.61. The number of rotatable bonds is 5. The number of piperidine rings is 1. The molecule has 5 rings (SSSR count). The second-order valence-corrected chi connectivity index (χ2v) is 9.45. The maximum atomic E-state index is 5.38. The predicted octanol–water partition coefficient (Wildman–Crippen LogP) is 3.30. The molecule has 1 spiro atoms. The first kappa shape index (κ1) is 20.4. The Hall–Kier alpha value is -2.51. The Labute approximate surface area is 184 Å². The standard InChI is InChI=1S/C24H32N6O/c1-18-21(19(2)31-27-18)14-29-11-9-24(10-12-29)16-30(13-20-7-5-4-6-8-20)15-22(24)23-26-25-17-28(23)3/h4-8,17,22H,9-16H2,1-3H3. The fourth-order valence-corrected chi connectivity index (χ4v) is 5.61. The van der Waals surface area contributed by atoms with Gasteiger partial charge >= 0.3 is 0 Å². The minimum Gasteiger partial charge on any atom is -0.361 e. The van der Waals surface area contributed by atoms with Crippen molar-refractivity contribution in [3.63, 3.8) is 0 Å². The van der Waals surface area contributed by atoms with Crippen LogP contribution in [-0.4, -0.2) is 55.9 Å². The maximum Gasteiger partial charge on any atom is 0.138 e. The van der Waals surface area contributed by atoms with Crippen molar-refractivity contribution in [2.24, 2.45) is 12.5 Å². The van der Waals surface area contributed by atoms with E-state index >= 15 is 0 Å². The Morgan fingerprint density at radius 1 is 1.06 bits per heavy atom. The highest BCUT2D eigenvalue weighted by Gasteiger charge is 2.50. The first-order valence-corrected chi connectivity index (χ1v) is 11.3. The van der Waals surface area contributed by atoms with E-state index in [1.54, 1.807) is 0 Å². The molecule has 1 atom stereocenters. The molecule has 0 amide bonds. The molecule has 2 saturated heterocycles. The third kappa shape index (κ3) is 3.92. The molecule has 7 nitrogen and oxygen atoms in total. The summed E-state index contributed by atoms with van der Waals surface area (Å²) in [5.41, 5.74) is 3.90. The van der Waals surface area contributed by atoms with Gasteiger partial charge in [-0.2, -0.15) is 0 Å². The first-order chi connectivity index (χ1) is 15.0. The van der Waals surface area contributed by atoms with E-state index in [0.717, 1.165) is 56.5 Å². The smallest absolute Gasteiger partial charge is 0.138 e. The molecule has 0 N–H and O–H groups in total. The molecular weight excluding hydrogens is 388 g/mol. The zero-order valence-electron chi connectivity index (χ0n) is 18.8. The van der Waals surface area contributed by atoms with Gasteiger partial charge in [-0.1, -0.05) is 35.5 Å². The highest BCUT2D eigenvalue weighted by atomic mass is 16.5. The number of hydrogen-bond donors (Lipinski definition) is 0. The van der Waals surface area contributed by atoms with E-state index in [1.807, 2.05) is 20.2 Å². The van der Waals surface area contributed by atoms with Gasteiger partial charge in [0.05, 0.1) is 5.69 Å². The van der Waals surface area contributed by atoms with Gasteiger partial charge in [-0.3, -0.25) is 9.80 Å². The Balaban J connectivity index is 1.33. The number of benzene rings is 1. The lowest BCUT2D eigenvalue weighted by Gasteiger charge is -2.42. The summed E-state index contributed by atoms with van der Waals surface area (Å²) in [6.45, 7) is 10.3. The Kier molecular flexibility index (Phi) is 5.40. The summed E-state index contributed by atoms with van der Waals surface area (Å²) in [5.74, 6) is 2.50. The molecule has 0 saturated carbocycles. The van der Waals surface area contributed by atoms with E-state index in [9.17, 15) is 0 Å². The molecule has 0 radical (unpaired) electrons. The van der Waals surface area contributed by atoms with Crippen molar-refractivity contribution in [1.29, 1.82) is 0 Å². The molecule has 0 bridgehead atoms. The van der Waals surface area contributed by atoms with Crippen molar-refractivity contribution in [3.8, 4) is 0 Å². The molecule has 7 heteroatoms. The number of likely N-dealkylation sites (tertiary alicyclic amines) is 2. The zero-order valence-corrected chi connectivity index (χ0v) is 18.8. The van der Waals surface area contributed by atoms with Gasteiger partial charge in [0, 0.05) is 44.7 Å². The van der Waals surface area contributed by atoms with E-state index in [0.29, 0.717) is 5.92 Å². The topological polar surface area (TPSA) is 63.2 Å². The number of nitrogens with zero attached hydrogens (tertiary/aromatic N) is 6. The highest BCUT2D eigenvalue weighted by Crippen LogP contribution is 2.49. The van der Waals surface area contributed by atoms with Crippen molar-refractivity contribution in [2.75, 3.05) is 26.2 Å².